The fourth-order valence-electron chi connectivity index (χ4n) is 2.23. The van der Waals surface area contributed by atoms with Gasteiger partial charge < -0.3 is 10.5 Å². The average molecular weight is 219 g/mol. The molecule has 2 unspecified atom stereocenters. The van der Waals surface area contributed by atoms with Gasteiger partial charge in [0, 0.05) is 18.4 Å². The van der Waals surface area contributed by atoms with E-state index in [1.54, 1.807) is 0 Å². The van der Waals surface area contributed by atoms with Gasteiger partial charge in [0.05, 0.1) is 0 Å². The van der Waals surface area contributed by atoms with E-state index >= 15 is 0 Å². The topological polar surface area (TPSA) is 35.2 Å². The SMILES string of the molecule is CCC(C)(N)CC1Cc2cc(C)ccc2O1. The molecule has 0 aromatic heterocycles. The highest BCUT2D eigenvalue weighted by atomic mass is 16.5. The first-order valence-electron chi connectivity index (χ1n) is 6.05. The second-order valence-electron chi connectivity index (χ2n) is 5.27. The molecule has 0 spiro atoms. The zero-order chi connectivity index (χ0) is 11.8. The number of fused-ring (bicyclic) bond motifs is 1. The predicted molar refractivity (Wildman–Crippen MR) is 66.8 cm³/mol. The molecule has 2 nitrogen and oxygen atoms in total. The Morgan fingerprint density at radius 1 is 1.50 bits per heavy atom. The van der Waals surface area contributed by atoms with Crippen molar-refractivity contribution >= 4 is 0 Å². The Balaban J connectivity index is 2.06. The molecule has 2 rings (SSSR count). The molecule has 0 saturated carbocycles. The normalized spacial score (nSPS) is 22.4. The molecule has 2 N–H and O–H groups in total. The zero-order valence-corrected chi connectivity index (χ0v) is 10.4. The summed E-state index contributed by atoms with van der Waals surface area (Å²) < 4.78 is 5.92. The smallest absolute Gasteiger partial charge is 0.123 e. The molecule has 0 aliphatic carbocycles. The van der Waals surface area contributed by atoms with Crippen molar-refractivity contribution in [1.82, 2.24) is 0 Å². The number of aryl methyl sites for hydroxylation is 1. The van der Waals surface area contributed by atoms with Gasteiger partial charge in [-0.25, -0.2) is 0 Å². The molecule has 1 aromatic rings. The molecular weight excluding hydrogens is 198 g/mol. The zero-order valence-electron chi connectivity index (χ0n) is 10.4. The lowest BCUT2D eigenvalue weighted by Gasteiger charge is -2.25. The third kappa shape index (κ3) is 2.38. The first kappa shape index (κ1) is 11.5. The van der Waals surface area contributed by atoms with E-state index in [9.17, 15) is 0 Å². The number of nitrogens with two attached hydrogens (primary N) is 1. The Morgan fingerprint density at radius 3 is 2.94 bits per heavy atom. The van der Waals surface area contributed by atoms with Crippen LogP contribution in [0, 0.1) is 6.92 Å². The lowest BCUT2D eigenvalue weighted by atomic mass is 9.91. The molecule has 88 valence electrons. The molecule has 2 heteroatoms. The van der Waals surface area contributed by atoms with Gasteiger partial charge in [0.1, 0.15) is 11.9 Å². The van der Waals surface area contributed by atoms with Gasteiger partial charge in [0.15, 0.2) is 0 Å². The molecular formula is C14H21NO. The molecule has 1 aromatic carbocycles. The first-order chi connectivity index (χ1) is 7.50. The summed E-state index contributed by atoms with van der Waals surface area (Å²) in [6.45, 7) is 6.35. The summed E-state index contributed by atoms with van der Waals surface area (Å²) in [4.78, 5) is 0. The molecule has 1 aliphatic rings. The standard InChI is InChI=1S/C14H21NO/c1-4-14(3,15)9-12-8-11-7-10(2)5-6-13(11)16-12/h5-7,12H,4,8-9,15H2,1-3H3. The van der Waals surface area contributed by atoms with Gasteiger partial charge in [-0.1, -0.05) is 24.6 Å². The fourth-order valence-corrected chi connectivity index (χ4v) is 2.23. The van der Waals surface area contributed by atoms with Crippen molar-refractivity contribution in [2.45, 2.75) is 51.7 Å². The summed E-state index contributed by atoms with van der Waals surface area (Å²) in [7, 11) is 0. The van der Waals surface area contributed by atoms with E-state index in [0.717, 1.165) is 25.0 Å². The maximum absolute atomic E-state index is 6.18. The third-order valence-electron chi connectivity index (χ3n) is 3.46. The fraction of sp³-hybridized carbons (Fsp3) is 0.571. The van der Waals surface area contributed by atoms with Gasteiger partial charge in [-0.3, -0.25) is 0 Å². The van der Waals surface area contributed by atoms with Crippen LogP contribution in [0.5, 0.6) is 5.75 Å². The molecule has 2 atom stereocenters. The Kier molecular flexibility index (Phi) is 2.94. The Labute approximate surface area is 97.8 Å². The van der Waals surface area contributed by atoms with Crippen LogP contribution in [-0.2, 0) is 6.42 Å². The third-order valence-corrected chi connectivity index (χ3v) is 3.46. The molecule has 0 bridgehead atoms. The maximum Gasteiger partial charge on any atom is 0.123 e. The Bertz CT molecular complexity index is 384. The van der Waals surface area contributed by atoms with Gasteiger partial charge in [-0.05, 0) is 31.9 Å². The lowest BCUT2D eigenvalue weighted by molar-refractivity contribution is 0.183. The van der Waals surface area contributed by atoms with Crippen molar-refractivity contribution in [3.8, 4) is 5.75 Å². The van der Waals surface area contributed by atoms with Gasteiger partial charge in [-0.15, -0.1) is 0 Å². The Morgan fingerprint density at radius 2 is 2.25 bits per heavy atom. The summed E-state index contributed by atoms with van der Waals surface area (Å²) in [5, 5.41) is 0. The highest BCUT2D eigenvalue weighted by Crippen LogP contribution is 2.32. The van der Waals surface area contributed by atoms with Crippen LogP contribution in [0.25, 0.3) is 0 Å². The van der Waals surface area contributed by atoms with Gasteiger partial charge >= 0.3 is 0 Å². The van der Waals surface area contributed by atoms with Crippen LogP contribution in [0.15, 0.2) is 18.2 Å². The maximum atomic E-state index is 6.18. The summed E-state index contributed by atoms with van der Waals surface area (Å²) in [5.41, 5.74) is 8.70. The monoisotopic (exact) mass is 219 g/mol. The molecule has 1 aliphatic heterocycles. The van der Waals surface area contributed by atoms with Crippen LogP contribution in [-0.4, -0.2) is 11.6 Å². The van der Waals surface area contributed by atoms with Gasteiger partial charge in [0.25, 0.3) is 0 Å². The summed E-state index contributed by atoms with van der Waals surface area (Å²) in [6.07, 6.45) is 3.18. The van der Waals surface area contributed by atoms with E-state index in [2.05, 4.69) is 39.0 Å². The molecule has 16 heavy (non-hydrogen) atoms. The molecule has 1 heterocycles. The van der Waals surface area contributed by atoms with Gasteiger partial charge in [0.2, 0.25) is 0 Å². The quantitative estimate of drug-likeness (QED) is 0.848. The second-order valence-corrected chi connectivity index (χ2v) is 5.27. The molecule has 0 saturated heterocycles. The van der Waals surface area contributed by atoms with Gasteiger partial charge in [-0.2, -0.15) is 0 Å². The summed E-state index contributed by atoms with van der Waals surface area (Å²) in [6, 6.07) is 6.39. The molecule has 0 fully saturated rings. The number of benzene rings is 1. The minimum atomic E-state index is -0.109. The minimum absolute atomic E-state index is 0.109. The van der Waals surface area contributed by atoms with Crippen molar-refractivity contribution < 1.29 is 4.74 Å². The molecule has 0 radical (unpaired) electrons. The first-order valence-corrected chi connectivity index (χ1v) is 6.05. The summed E-state index contributed by atoms with van der Waals surface area (Å²) >= 11 is 0. The minimum Gasteiger partial charge on any atom is -0.490 e. The van der Waals surface area contributed by atoms with E-state index in [1.807, 2.05) is 0 Å². The van der Waals surface area contributed by atoms with E-state index in [1.165, 1.54) is 11.1 Å². The highest BCUT2D eigenvalue weighted by Gasteiger charge is 2.28. The Hall–Kier alpha value is -1.02. The van der Waals surface area contributed by atoms with Crippen LogP contribution in [0.1, 0.15) is 37.8 Å². The number of hydrogen-bond acceptors (Lipinski definition) is 2. The number of ether oxygens (including phenoxy) is 1. The van der Waals surface area contributed by atoms with Crippen molar-refractivity contribution in [2.24, 2.45) is 5.73 Å². The lowest BCUT2D eigenvalue weighted by Crippen LogP contribution is -2.40. The van der Waals surface area contributed by atoms with Crippen LogP contribution in [0.3, 0.4) is 0 Å². The van der Waals surface area contributed by atoms with E-state index < -0.39 is 0 Å². The average Bonchev–Trinajstić information content (AvgIpc) is 2.58. The van der Waals surface area contributed by atoms with E-state index in [-0.39, 0.29) is 11.6 Å². The largest absolute Gasteiger partial charge is 0.490 e. The second kappa shape index (κ2) is 4.10. The van der Waals surface area contributed by atoms with Crippen molar-refractivity contribution in [3.63, 3.8) is 0 Å². The molecule has 0 amide bonds. The number of hydrogen-bond donors (Lipinski definition) is 1. The van der Waals surface area contributed by atoms with Crippen LogP contribution >= 0.6 is 0 Å². The summed E-state index contributed by atoms with van der Waals surface area (Å²) in [5.74, 6) is 1.04. The number of rotatable bonds is 3. The van der Waals surface area contributed by atoms with Crippen LogP contribution < -0.4 is 10.5 Å². The highest BCUT2D eigenvalue weighted by molar-refractivity contribution is 5.40. The van der Waals surface area contributed by atoms with Crippen molar-refractivity contribution in [1.29, 1.82) is 0 Å². The van der Waals surface area contributed by atoms with Crippen LogP contribution in [0.4, 0.5) is 0 Å². The predicted octanol–water partition coefficient (Wildman–Crippen LogP) is 2.82. The van der Waals surface area contributed by atoms with E-state index in [0.29, 0.717) is 0 Å². The van der Waals surface area contributed by atoms with Crippen molar-refractivity contribution in [3.05, 3.63) is 29.3 Å². The van der Waals surface area contributed by atoms with Crippen LogP contribution in [0.2, 0.25) is 0 Å². The van der Waals surface area contributed by atoms with Crippen molar-refractivity contribution in [2.75, 3.05) is 0 Å². The van der Waals surface area contributed by atoms with E-state index in [4.69, 9.17) is 10.5 Å².